The van der Waals surface area contributed by atoms with Gasteiger partial charge in [-0.2, -0.15) is 0 Å². The van der Waals surface area contributed by atoms with E-state index in [1.807, 2.05) is 24.3 Å². The van der Waals surface area contributed by atoms with E-state index in [0.717, 1.165) is 36.0 Å². The molecule has 2 nitrogen and oxygen atoms in total. The molecule has 1 rings (SSSR count). The summed E-state index contributed by atoms with van der Waals surface area (Å²) in [6.45, 7) is 6.96. The Bertz CT molecular complexity index is 384. The van der Waals surface area contributed by atoms with Gasteiger partial charge in [0.2, 0.25) is 0 Å². The van der Waals surface area contributed by atoms with Crippen LogP contribution >= 0.6 is 15.9 Å². The fourth-order valence-corrected chi connectivity index (χ4v) is 2.39. The maximum atomic E-state index is 12.3. The first kappa shape index (κ1) is 16.4. The molecule has 0 N–H and O–H groups in total. The molecule has 0 bridgehead atoms. The first-order valence-electron chi connectivity index (χ1n) is 7.18. The Balaban J connectivity index is 2.58. The van der Waals surface area contributed by atoms with Crippen molar-refractivity contribution in [2.24, 2.45) is 0 Å². The molecule has 0 saturated heterocycles. The third-order valence-corrected chi connectivity index (χ3v) is 3.66. The van der Waals surface area contributed by atoms with Gasteiger partial charge >= 0.3 is 0 Å². The average molecular weight is 326 g/mol. The summed E-state index contributed by atoms with van der Waals surface area (Å²) in [5.41, 5.74) is 0.798. The topological polar surface area (TPSA) is 20.3 Å². The molecule has 0 aliphatic carbocycles. The lowest BCUT2D eigenvalue weighted by molar-refractivity contribution is 0.0928. The number of benzene rings is 1. The Labute approximate surface area is 125 Å². The zero-order valence-electron chi connectivity index (χ0n) is 12.0. The summed E-state index contributed by atoms with van der Waals surface area (Å²) in [6, 6.07) is 7.66. The molecule has 0 spiro atoms. The number of carbonyl (C=O) groups excluding carboxylic acids is 1. The molecule has 0 aliphatic heterocycles. The van der Waals surface area contributed by atoms with Gasteiger partial charge < -0.3 is 0 Å². The maximum Gasteiger partial charge on any atom is 0.176 e. The maximum absolute atomic E-state index is 12.3. The first-order valence-corrected chi connectivity index (χ1v) is 7.97. The summed E-state index contributed by atoms with van der Waals surface area (Å²) in [5, 5.41) is 0. The SMILES string of the molecule is CCCCN(CCCC)CC(=O)c1cccc(Br)c1. The van der Waals surface area contributed by atoms with Crippen molar-refractivity contribution in [3.8, 4) is 0 Å². The normalized spacial score (nSPS) is 10.9. The van der Waals surface area contributed by atoms with Crippen molar-refractivity contribution in [1.29, 1.82) is 0 Å². The Morgan fingerprint density at radius 2 is 1.79 bits per heavy atom. The van der Waals surface area contributed by atoms with E-state index in [2.05, 4.69) is 34.7 Å². The Hall–Kier alpha value is -0.670. The minimum atomic E-state index is 0.216. The van der Waals surface area contributed by atoms with Crippen molar-refractivity contribution < 1.29 is 4.79 Å². The summed E-state index contributed by atoms with van der Waals surface area (Å²) < 4.78 is 0.965. The molecule has 1 aromatic rings. The highest BCUT2D eigenvalue weighted by Gasteiger charge is 2.12. The molecule has 0 aromatic heterocycles. The zero-order valence-corrected chi connectivity index (χ0v) is 13.6. The molecule has 0 unspecified atom stereocenters. The van der Waals surface area contributed by atoms with Crippen LogP contribution in [0.4, 0.5) is 0 Å². The van der Waals surface area contributed by atoms with Gasteiger partial charge in [0.1, 0.15) is 0 Å². The Morgan fingerprint density at radius 3 is 2.32 bits per heavy atom. The quantitative estimate of drug-likeness (QED) is 0.621. The van der Waals surface area contributed by atoms with Crippen molar-refractivity contribution in [1.82, 2.24) is 4.90 Å². The molecule has 0 atom stereocenters. The molecule has 19 heavy (non-hydrogen) atoms. The Kier molecular flexibility index (Phi) is 7.99. The standard InChI is InChI=1S/C16H24BrNO/c1-3-5-10-18(11-6-4-2)13-16(19)14-8-7-9-15(17)12-14/h7-9,12H,3-6,10-11,13H2,1-2H3. The van der Waals surface area contributed by atoms with Crippen LogP contribution in [0.3, 0.4) is 0 Å². The molecular weight excluding hydrogens is 302 g/mol. The van der Waals surface area contributed by atoms with Crippen LogP contribution in [0.25, 0.3) is 0 Å². The lowest BCUT2D eigenvalue weighted by Gasteiger charge is -2.21. The molecule has 3 heteroatoms. The molecule has 1 aromatic carbocycles. The minimum Gasteiger partial charge on any atom is -0.296 e. The van der Waals surface area contributed by atoms with E-state index in [-0.39, 0.29) is 5.78 Å². The zero-order chi connectivity index (χ0) is 14.1. The number of hydrogen-bond donors (Lipinski definition) is 0. The predicted octanol–water partition coefficient (Wildman–Crippen LogP) is 4.53. The number of rotatable bonds is 9. The van der Waals surface area contributed by atoms with Crippen LogP contribution in [0.2, 0.25) is 0 Å². The number of carbonyl (C=O) groups is 1. The van der Waals surface area contributed by atoms with Crippen molar-refractivity contribution in [2.45, 2.75) is 39.5 Å². The van der Waals surface area contributed by atoms with Crippen LogP contribution in [0.15, 0.2) is 28.7 Å². The smallest absolute Gasteiger partial charge is 0.176 e. The van der Waals surface area contributed by atoms with Crippen LogP contribution in [0.1, 0.15) is 49.9 Å². The van der Waals surface area contributed by atoms with Crippen LogP contribution in [0, 0.1) is 0 Å². The fourth-order valence-electron chi connectivity index (χ4n) is 1.99. The molecular formula is C16H24BrNO. The van der Waals surface area contributed by atoms with Gasteiger partial charge in [0.25, 0.3) is 0 Å². The molecule has 106 valence electrons. The van der Waals surface area contributed by atoms with E-state index in [4.69, 9.17) is 0 Å². The molecule has 0 heterocycles. The van der Waals surface area contributed by atoms with E-state index in [0.29, 0.717) is 6.54 Å². The van der Waals surface area contributed by atoms with Crippen LogP contribution in [0.5, 0.6) is 0 Å². The number of hydrogen-bond acceptors (Lipinski definition) is 2. The minimum absolute atomic E-state index is 0.216. The number of Topliss-reactive ketones (excluding diaryl/α,β-unsaturated/α-hetero) is 1. The fraction of sp³-hybridized carbons (Fsp3) is 0.562. The van der Waals surface area contributed by atoms with Gasteiger partial charge in [0.05, 0.1) is 6.54 Å². The highest BCUT2D eigenvalue weighted by molar-refractivity contribution is 9.10. The van der Waals surface area contributed by atoms with Crippen molar-refractivity contribution in [3.63, 3.8) is 0 Å². The lowest BCUT2D eigenvalue weighted by Crippen LogP contribution is -2.31. The summed E-state index contributed by atoms with van der Waals surface area (Å²) in [6.07, 6.45) is 4.67. The average Bonchev–Trinajstić information content (AvgIpc) is 2.41. The van der Waals surface area contributed by atoms with Gasteiger partial charge in [-0.05, 0) is 38.1 Å². The van der Waals surface area contributed by atoms with Gasteiger partial charge in [0, 0.05) is 10.0 Å². The van der Waals surface area contributed by atoms with E-state index in [9.17, 15) is 4.79 Å². The first-order chi connectivity index (χ1) is 9.17. The molecule has 0 saturated carbocycles. The summed E-state index contributed by atoms with van der Waals surface area (Å²) in [5.74, 6) is 0.216. The van der Waals surface area contributed by atoms with Crippen LogP contribution < -0.4 is 0 Å². The van der Waals surface area contributed by atoms with Gasteiger partial charge in [-0.3, -0.25) is 9.69 Å². The van der Waals surface area contributed by atoms with Gasteiger partial charge in [-0.25, -0.2) is 0 Å². The van der Waals surface area contributed by atoms with E-state index >= 15 is 0 Å². The summed E-state index contributed by atoms with van der Waals surface area (Å²) in [7, 11) is 0. The van der Waals surface area contributed by atoms with Crippen molar-refractivity contribution >= 4 is 21.7 Å². The second-order valence-corrected chi connectivity index (χ2v) is 5.83. The molecule has 0 radical (unpaired) electrons. The van der Waals surface area contributed by atoms with E-state index in [1.165, 1.54) is 12.8 Å². The second-order valence-electron chi connectivity index (χ2n) is 4.92. The van der Waals surface area contributed by atoms with Gasteiger partial charge in [-0.15, -0.1) is 0 Å². The van der Waals surface area contributed by atoms with Gasteiger partial charge in [0.15, 0.2) is 5.78 Å². The number of halogens is 1. The monoisotopic (exact) mass is 325 g/mol. The van der Waals surface area contributed by atoms with Crippen molar-refractivity contribution in [3.05, 3.63) is 34.3 Å². The van der Waals surface area contributed by atoms with Gasteiger partial charge in [-0.1, -0.05) is 54.8 Å². The summed E-state index contributed by atoms with van der Waals surface area (Å²) in [4.78, 5) is 14.6. The molecule has 0 fully saturated rings. The second kappa shape index (κ2) is 9.27. The molecule has 0 aliphatic rings. The summed E-state index contributed by atoms with van der Waals surface area (Å²) >= 11 is 3.41. The van der Waals surface area contributed by atoms with E-state index < -0.39 is 0 Å². The predicted molar refractivity (Wildman–Crippen MR) is 84.7 cm³/mol. The highest BCUT2D eigenvalue weighted by atomic mass is 79.9. The largest absolute Gasteiger partial charge is 0.296 e. The number of nitrogens with zero attached hydrogens (tertiary/aromatic N) is 1. The third-order valence-electron chi connectivity index (χ3n) is 3.17. The van der Waals surface area contributed by atoms with Crippen molar-refractivity contribution in [2.75, 3.05) is 19.6 Å². The Morgan fingerprint density at radius 1 is 1.16 bits per heavy atom. The van der Waals surface area contributed by atoms with Crippen LogP contribution in [-0.4, -0.2) is 30.3 Å². The number of ketones is 1. The highest BCUT2D eigenvalue weighted by Crippen LogP contribution is 2.13. The van der Waals surface area contributed by atoms with Crippen LogP contribution in [-0.2, 0) is 0 Å². The third kappa shape index (κ3) is 6.35. The van der Waals surface area contributed by atoms with E-state index in [1.54, 1.807) is 0 Å². The molecule has 0 amide bonds. The lowest BCUT2D eigenvalue weighted by atomic mass is 10.1. The number of unbranched alkanes of at least 4 members (excludes halogenated alkanes) is 2.